The van der Waals surface area contributed by atoms with Gasteiger partial charge in [-0.1, -0.05) is 12.2 Å². The monoisotopic (exact) mass is 128 g/mol. The molecule has 0 aliphatic heterocycles. The molecule has 0 N–H and O–H groups in total. The summed E-state index contributed by atoms with van der Waals surface area (Å²) in [6.07, 6.45) is 2.59. The molecule has 0 aliphatic rings. The van der Waals surface area contributed by atoms with Gasteiger partial charge in [0.25, 0.3) is 0 Å². The number of rotatable bonds is 4. The Bertz CT molecular complexity index is 93.2. The number of hydrogen-bond donors (Lipinski definition) is 0. The van der Waals surface area contributed by atoms with E-state index in [1.54, 1.807) is 0 Å². The minimum atomic E-state index is -0.382. The van der Waals surface area contributed by atoms with Crippen molar-refractivity contribution in [1.29, 1.82) is 0 Å². The Labute approximate surface area is 54.8 Å². The highest BCUT2D eigenvalue weighted by atomic mass is 16.9. The first-order valence-corrected chi connectivity index (χ1v) is 2.53. The molecule has 0 aromatic carbocycles. The average molecular weight is 128 g/mol. The van der Waals surface area contributed by atoms with E-state index in [0.717, 1.165) is 0 Å². The Hall–Kier alpha value is -0.640. The second-order valence-electron chi connectivity index (χ2n) is 1.48. The van der Waals surface area contributed by atoms with Gasteiger partial charge in [-0.3, -0.25) is 10.1 Å². The third kappa shape index (κ3) is 3.90. The fourth-order valence-electron chi connectivity index (χ4n) is 0.354. The quantitative estimate of drug-likeness (QED) is 0.420. The van der Waals surface area contributed by atoms with Crippen LogP contribution in [0.1, 0.15) is 0 Å². The van der Waals surface area contributed by atoms with E-state index in [1.165, 1.54) is 19.2 Å². The van der Waals surface area contributed by atoms with Gasteiger partial charge in [0.05, 0.1) is 0 Å². The van der Waals surface area contributed by atoms with Gasteiger partial charge in [-0.15, -0.1) is 13.2 Å². The number of hydrogen-bond acceptors (Lipinski definition) is 3. The summed E-state index contributed by atoms with van der Waals surface area (Å²) >= 11 is 0. The first-order chi connectivity index (χ1) is 4.20. The molecular weight excluding hydrogens is 118 g/mol. The topological polar surface area (TPSA) is 35.5 Å². The average Bonchev–Trinajstić information content (AvgIpc) is 1.82. The van der Waals surface area contributed by atoms with Crippen LogP contribution >= 0.6 is 0 Å². The maximum Gasteiger partial charge on any atom is 0.114 e. The van der Waals surface area contributed by atoms with Crippen LogP contribution in [0.5, 0.6) is 0 Å². The minimum Gasteiger partial charge on any atom is -0.762 e. The Morgan fingerprint density at radius 3 is 2.11 bits per heavy atom. The Morgan fingerprint density at radius 1 is 1.56 bits per heavy atom. The Morgan fingerprint density at radius 2 is 2.00 bits per heavy atom. The predicted molar refractivity (Wildman–Crippen MR) is 36.4 cm³/mol. The number of nitrogens with zero attached hydrogens (tertiary/aromatic N) is 1. The largest absolute Gasteiger partial charge is 0.762 e. The second-order valence-corrected chi connectivity index (χ2v) is 1.48. The molecule has 0 saturated carbocycles. The van der Waals surface area contributed by atoms with Crippen molar-refractivity contribution >= 4 is 0 Å². The highest BCUT2D eigenvalue weighted by molar-refractivity contribution is 4.93. The fraction of sp³-hybridized carbons (Fsp3) is 0.333. The van der Waals surface area contributed by atoms with Crippen LogP contribution in [0.2, 0.25) is 0 Å². The zero-order valence-corrected chi connectivity index (χ0v) is 5.41. The van der Waals surface area contributed by atoms with Gasteiger partial charge in [-0.05, 0) is 7.05 Å². The van der Waals surface area contributed by atoms with E-state index in [2.05, 4.69) is 18.0 Å². The summed E-state index contributed by atoms with van der Waals surface area (Å²) in [5.74, 6) is 0. The van der Waals surface area contributed by atoms with Crippen LogP contribution in [0.15, 0.2) is 25.3 Å². The normalized spacial score (nSPS) is 10.2. The van der Waals surface area contributed by atoms with Gasteiger partial charge in [0.2, 0.25) is 0 Å². The summed E-state index contributed by atoms with van der Waals surface area (Å²) in [7, 11) is 1.26. The highest BCUT2D eigenvalue weighted by Gasteiger charge is 1.94. The zero-order chi connectivity index (χ0) is 7.28. The van der Waals surface area contributed by atoms with E-state index in [4.69, 9.17) is 0 Å². The molecule has 52 valence electrons. The molecule has 3 heteroatoms. The van der Waals surface area contributed by atoms with Crippen molar-refractivity contribution in [1.82, 2.24) is 5.23 Å². The van der Waals surface area contributed by atoms with Crippen LogP contribution in [0, 0.1) is 5.21 Å². The van der Waals surface area contributed by atoms with Crippen molar-refractivity contribution in [3.63, 3.8) is 0 Å². The van der Waals surface area contributed by atoms with Crippen molar-refractivity contribution in [3.05, 3.63) is 30.5 Å². The van der Waals surface area contributed by atoms with E-state index in [1.807, 2.05) is 0 Å². The van der Waals surface area contributed by atoms with E-state index in [-0.39, 0.29) is 6.10 Å². The van der Waals surface area contributed by atoms with Crippen molar-refractivity contribution in [2.75, 3.05) is 7.05 Å². The molecule has 0 bridgehead atoms. The molecule has 0 radical (unpaired) electrons. The molecule has 0 unspecified atom stereocenters. The number of hydroxylamine groups is 2. The molecule has 0 fully saturated rings. The summed E-state index contributed by atoms with van der Waals surface area (Å²) in [5, 5.41) is 10.5. The van der Waals surface area contributed by atoms with Crippen LogP contribution in [-0.4, -0.2) is 18.4 Å². The Kier molecular flexibility index (Phi) is 3.96. The standard InChI is InChI=1S/C6H10NO2/c1-4-6(5-2)9-7(3)8/h4-6H,1-2H2,3H3/q-1. The molecule has 0 aromatic rings. The van der Waals surface area contributed by atoms with Crippen LogP contribution in [0.4, 0.5) is 0 Å². The molecule has 0 spiro atoms. The molecule has 0 saturated heterocycles. The fourth-order valence-corrected chi connectivity index (χ4v) is 0.354. The maximum absolute atomic E-state index is 10.2. The lowest BCUT2D eigenvalue weighted by Gasteiger charge is -2.24. The SMILES string of the molecule is C=CC(C=C)ON(C)[O-]. The van der Waals surface area contributed by atoms with Gasteiger partial charge in [-0.2, -0.15) is 0 Å². The van der Waals surface area contributed by atoms with E-state index in [0.29, 0.717) is 5.23 Å². The van der Waals surface area contributed by atoms with Gasteiger partial charge in [0.1, 0.15) is 6.10 Å². The molecule has 0 aromatic heterocycles. The van der Waals surface area contributed by atoms with Crippen molar-refractivity contribution in [2.24, 2.45) is 0 Å². The summed E-state index contributed by atoms with van der Waals surface area (Å²) in [5.41, 5.74) is 0. The molecule has 3 nitrogen and oxygen atoms in total. The van der Waals surface area contributed by atoms with Crippen LogP contribution < -0.4 is 0 Å². The van der Waals surface area contributed by atoms with Gasteiger partial charge in [0, 0.05) is 0 Å². The first-order valence-electron chi connectivity index (χ1n) is 2.53. The summed E-state index contributed by atoms with van der Waals surface area (Å²) in [4.78, 5) is 4.59. The van der Waals surface area contributed by atoms with Gasteiger partial charge >= 0.3 is 0 Å². The van der Waals surface area contributed by atoms with Crippen LogP contribution in [-0.2, 0) is 4.84 Å². The summed E-state index contributed by atoms with van der Waals surface area (Å²) < 4.78 is 0. The van der Waals surface area contributed by atoms with E-state index in [9.17, 15) is 5.21 Å². The summed E-state index contributed by atoms with van der Waals surface area (Å²) in [6.45, 7) is 6.85. The molecule has 0 atom stereocenters. The lowest BCUT2D eigenvalue weighted by molar-refractivity contribution is -0.113. The Balaban J connectivity index is 3.55. The lowest BCUT2D eigenvalue weighted by atomic mass is 10.4. The van der Waals surface area contributed by atoms with Crippen molar-refractivity contribution in [2.45, 2.75) is 6.10 Å². The highest BCUT2D eigenvalue weighted by Crippen LogP contribution is 1.95. The van der Waals surface area contributed by atoms with Crippen LogP contribution in [0.3, 0.4) is 0 Å². The van der Waals surface area contributed by atoms with Crippen molar-refractivity contribution in [3.8, 4) is 0 Å². The third-order valence-corrected chi connectivity index (χ3v) is 0.735. The molecule has 0 amide bonds. The molecular formula is C6H10NO2-. The molecule has 0 heterocycles. The summed E-state index contributed by atoms with van der Waals surface area (Å²) in [6, 6.07) is 0. The zero-order valence-electron chi connectivity index (χ0n) is 5.41. The second kappa shape index (κ2) is 4.26. The minimum absolute atomic E-state index is 0.369. The molecule has 9 heavy (non-hydrogen) atoms. The van der Waals surface area contributed by atoms with Crippen molar-refractivity contribution < 1.29 is 4.84 Å². The van der Waals surface area contributed by atoms with Crippen LogP contribution in [0.25, 0.3) is 0 Å². The van der Waals surface area contributed by atoms with Gasteiger partial charge in [-0.25, -0.2) is 0 Å². The lowest BCUT2D eigenvalue weighted by Crippen LogP contribution is -2.17. The van der Waals surface area contributed by atoms with Gasteiger partial charge < -0.3 is 5.21 Å². The predicted octanol–water partition coefficient (Wildman–Crippen LogP) is 1.09. The maximum atomic E-state index is 10.2. The molecule has 0 aliphatic carbocycles. The molecule has 0 rings (SSSR count). The smallest absolute Gasteiger partial charge is 0.114 e. The first kappa shape index (κ1) is 8.36. The van der Waals surface area contributed by atoms with Gasteiger partial charge in [0.15, 0.2) is 0 Å². The van der Waals surface area contributed by atoms with E-state index >= 15 is 0 Å². The third-order valence-electron chi connectivity index (χ3n) is 0.735. The van der Waals surface area contributed by atoms with E-state index < -0.39 is 0 Å².